The van der Waals surface area contributed by atoms with Crippen LogP contribution in [-0.2, 0) is 14.9 Å². The van der Waals surface area contributed by atoms with Crippen LogP contribution in [-0.4, -0.2) is 52.0 Å². The minimum Gasteiger partial charge on any atom is -0.379 e. The van der Waals surface area contributed by atoms with Crippen LogP contribution in [0, 0.1) is 6.92 Å². The van der Waals surface area contributed by atoms with Crippen LogP contribution in [0.15, 0.2) is 29.3 Å². The fourth-order valence-electron chi connectivity index (χ4n) is 3.06. The van der Waals surface area contributed by atoms with Gasteiger partial charge in [-0.3, -0.25) is 4.99 Å². The van der Waals surface area contributed by atoms with E-state index in [1.54, 1.807) is 0 Å². The molecule has 0 bridgehead atoms. The topological polar surface area (TPSA) is 54.9 Å². The molecule has 2 rings (SSSR count). The largest absolute Gasteiger partial charge is 0.379 e. The smallest absolute Gasteiger partial charge is 0.191 e. The Hall–Kier alpha value is -1.59. The Labute approximate surface area is 158 Å². The zero-order valence-corrected chi connectivity index (χ0v) is 16.8. The first-order valence-corrected chi connectivity index (χ1v) is 9.72. The third-order valence-corrected chi connectivity index (χ3v) is 4.81. The van der Waals surface area contributed by atoms with Gasteiger partial charge in [0.1, 0.15) is 0 Å². The standard InChI is InChI=1S/C21H35N3O2/c1-17-8-5-9-18(14-17)21(2,3)16-24-20(22-4)23-11-7-12-25-15-19-10-6-13-26-19/h5,8-9,14,19H,6-7,10-13,15-16H2,1-4H3,(H2,22,23,24). The summed E-state index contributed by atoms with van der Waals surface area (Å²) in [5.74, 6) is 0.838. The van der Waals surface area contributed by atoms with Crippen molar-refractivity contribution in [3.8, 4) is 0 Å². The minimum atomic E-state index is 0.0357. The SMILES string of the molecule is CN=C(NCCCOCC1CCCO1)NCC(C)(C)c1cccc(C)c1. The summed E-state index contributed by atoms with van der Waals surface area (Å²) < 4.78 is 11.2. The van der Waals surface area contributed by atoms with E-state index >= 15 is 0 Å². The Morgan fingerprint density at radius 3 is 2.88 bits per heavy atom. The normalized spacial score (nSPS) is 18.2. The van der Waals surface area contributed by atoms with Crippen LogP contribution in [0.2, 0.25) is 0 Å². The number of hydrogen-bond acceptors (Lipinski definition) is 3. The van der Waals surface area contributed by atoms with Crippen molar-refractivity contribution < 1.29 is 9.47 Å². The van der Waals surface area contributed by atoms with Crippen molar-refractivity contribution in [2.24, 2.45) is 4.99 Å². The monoisotopic (exact) mass is 361 g/mol. The van der Waals surface area contributed by atoms with Gasteiger partial charge >= 0.3 is 0 Å². The second-order valence-corrected chi connectivity index (χ2v) is 7.67. The molecule has 2 N–H and O–H groups in total. The third-order valence-electron chi connectivity index (χ3n) is 4.81. The molecule has 1 heterocycles. The van der Waals surface area contributed by atoms with E-state index in [4.69, 9.17) is 9.47 Å². The first-order valence-electron chi connectivity index (χ1n) is 9.72. The number of rotatable bonds is 9. The molecule has 1 aromatic rings. The highest BCUT2D eigenvalue weighted by molar-refractivity contribution is 5.79. The van der Waals surface area contributed by atoms with Crippen LogP contribution < -0.4 is 10.6 Å². The van der Waals surface area contributed by atoms with Crippen LogP contribution in [0.5, 0.6) is 0 Å². The molecule has 146 valence electrons. The molecular weight excluding hydrogens is 326 g/mol. The molecule has 0 aliphatic carbocycles. The predicted molar refractivity (Wildman–Crippen MR) is 108 cm³/mol. The molecule has 0 saturated carbocycles. The summed E-state index contributed by atoms with van der Waals surface area (Å²) in [4.78, 5) is 4.32. The lowest BCUT2D eigenvalue weighted by molar-refractivity contribution is 0.0168. The molecule has 1 aromatic carbocycles. The number of nitrogens with one attached hydrogen (secondary N) is 2. The van der Waals surface area contributed by atoms with Crippen LogP contribution in [0.25, 0.3) is 0 Å². The second-order valence-electron chi connectivity index (χ2n) is 7.67. The minimum absolute atomic E-state index is 0.0357. The van der Waals surface area contributed by atoms with Gasteiger partial charge in [0.2, 0.25) is 0 Å². The molecule has 0 radical (unpaired) electrons. The Bertz CT molecular complexity index is 566. The van der Waals surface area contributed by atoms with E-state index in [9.17, 15) is 0 Å². The Kier molecular flexibility index (Phi) is 8.39. The molecule has 1 aliphatic heterocycles. The molecule has 26 heavy (non-hydrogen) atoms. The van der Waals surface area contributed by atoms with Gasteiger partial charge in [0.15, 0.2) is 5.96 Å². The van der Waals surface area contributed by atoms with Gasteiger partial charge in [-0.05, 0) is 31.7 Å². The Morgan fingerprint density at radius 1 is 1.35 bits per heavy atom. The van der Waals surface area contributed by atoms with E-state index in [0.717, 1.165) is 58.1 Å². The lowest BCUT2D eigenvalue weighted by atomic mass is 9.84. The fourth-order valence-corrected chi connectivity index (χ4v) is 3.06. The van der Waals surface area contributed by atoms with E-state index in [1.807, 2.05) is 7.05 Å². The lowest BCUT2D eigenvalue weighted by Crippen LogP contribution is -2.43. The van der Waals surface area contributed by atoms with Crippen LogP contribution in [0.3, 0.4) is 0 Å². The number of benzene rings is 1. The second kappa shape index (κ2) is 10.5. The molecule has 0 spiro atoms. The Morgan fingerprint density at radius 2 is 2.19 bits per heavy atom. The number of ether oxygens (including phenoxy) is 2. The lowest BCUT2D eigenvalue weighted by Gasteiger charge is -2.27. The van der Waals surface area contributed by atoms with Gasteiger partial charge in [-0.25, -0.2) is 0 Å². The first-order chi connectivity index (χ1) is 12.5. The zero-order valence-electron chi connectivity index (χ0n) is 16.8. The van der Waals surface area contributed by atoms with Crippen molar-refractivity contribution in [3.63, 3.8) is 0 Å². The molecule has 1 atom stereocenters. The summed E-state index contributed by atoms with van der Waals surface area (Å²) in [6.45, 7) is 10.7. The van der Waals surface area contributed by atoms with E-state index in [2.05, 4.69) is 60.7 Å². The van der Waals surface area contributed by atoms with Crippen molar-refractivity contribution in [2.75, 3.05) is 40.0 Å². The Balaban J connectivity index is 1.63. The molecule has 5 nitrogen and oxygen atoms in total. The predicted octanol–water partition coefficient (Wildman–Crippen LogP) is 3.02. The average molecular weight is 362 g/mol. The number of nitrogens with zero attached hydrogens (tertiary/aromatic N) is 1. The quantitative estimate of drug-likeness (QED) is 0.403. The molecule has 5 heteroatoms. The first kappa shape index (κ1) is 20.7. The van der Waals surface area contributed by atoms with E-state index in [1.165, 1.54) is 11.1 Å². The highest BCUT2D eigenvalue weighted by atomic mass is 16.5. The number of guanidine groups is 1. The van der Waals surface area contributed by atoms with Crippen molar-refractivity contribution >= 4 is 5.96 Å². The molecule has 1 aliphatic rings. The van der Waals surface area contributed by atoms with Gasteiger partial charge in [-0.2, -0.15) is 0 Å². The zero-order chi connectivity index (χ0) is 18.8. The molecule has 0 aromatic heterocycles. The van der Waals surface area contributed by atoms with Crippen molar-refractivity contribution in [1.29, 1.82) is 0 Å². The average Bonchev–Trinajstić information content (AvgIpc) is 3.14. The van der Waals surface area contributed by atoms with Gasteiger partial charge in [0.25, 0.3) is 0 Å². The summed E-state index contributed by atoms with van der Waals surface area (Å²) in [5.41, 5.74) is 2.66. The van der Waals surface area contributed by atoms with Gasteiger partial charge in [0, 0.05) is 38.8 Å². The maximum atomic E-state index is 5.69. The summed E-state index contributed by atoms with van der Waals surface area (Å²) in [6, 6.07) is 8.70. The third kappa shape index (κ3) is 6.96. The van der Waals surface area contributed by atoms with E-state index in [-0.39, 0.29) is 5.41 Å². The number of aryl methyl sites for hydroxylation is 1. The highest BCUT2D eigenvalue weighted by Gasteiger charge is 2.21. The molecule has 1 unspecified atom stereocenters. The van der Waals surface area contributed by atoms with E-state index in [0.29, 0.717) is 6.10 Å². The molecule has 1 fully saturated rings. The maximum absolute atomic E-state index is 5.69. The number of aliphatic imine (C=N–C) groups is 1. The van der Waals surface area contributed by atoms with Crippen LogP contribution in [0.1, 0.15) is 44.2 Å². The van der Waals surface area contributed by atoms with Gasteiger partial charge in [-0.1, -0.05) is 43.7 Å². The van der Waals surface area contributed by atoms with Gasteiger partial charge < -0.3 is 20.1 Å². The summed E-state index contributed by atoms with van der Waals surface area (Å²) >= 11 is 0. The summed E-state index contributed by atoms with van der Waals surface area (Å²) in [7, 11) is 1.81. The van der Waals surface area contributed by atoms with Crippen molar-refractivity contribution in [1.82, 2.24) is 10.6 Å². The summed E-state index contributed by atoms with van der Waals surface area (Å²) in [5, 5.41) is 6.80. The highest BCUT2D eigenvalue weighted by Crippen LogP contribution is 2.22. The van der Waals surface area contributed by atoms with Gasteiger partial charge in [-0.15, -0.1) is 0 Å². The van der Waals surface area contributed by atoms with Crippen LogP contribution >= 0.6 is 0 Å². The maximum Gasteiger partial charge on any atom is 0.191 e. The summed E-state index contributed by atoms with van der Waals surface area (Å²) in [6.07, 6.45) is 3.55. The molecular formula is C21H35N3O2. The van der Waals surface area contributed by atoms with Crippen molar-refractivity contribution in [3.05, 3.63) is 35.4 Å². The van der Waals surface area contributed by atoms with Gasteiger partial charge in [0.05, 0.1) is 12.7 Å². The fraction of sp³-hybridized carbons (Fsp3) is 0.667. The molecule has 1 saturated heterocycles. The van der Waals surface area contributed by atoms with E-state index < -0.39 is 0 Å². The van der Waals surface area contributed by atoms with Crippen LogP contribution in [0.4, 0.5) is 0 Å². The van der Waals surface area contributed by atoms with Crippen molar-refractivity contribution in [2.45, 2.75) is 51.6 Å². The molecule has 0 amide bonds. The number of hydrogen-bond donors (Lipinski definition) is 2.